The number of rotatable bonds is 1. The topological polar surface area (TPSA) is 16.1 Å². The molecule has 1 fully saturated rings. The van der Waals surface area contributed by atoms with E-state index in [0.29, 0.717) is 0 Å². The summed E-state index contributed by atoms with van der Waals surface area (Å²) in [6.07, 6.45) is 2.59. The Kier molecular flexibility index (Phi) is 2.05. The largest absolute Gasteiger partial charge is 0.357 e. The van der Waals surface area contributed by atoms with Crippen LogP contribution < -0.4 is 4.90 Å². The van der Waals surface area contributed by atoms with Crippen LogP contribution in [0.5, 0.6) is 0 Å². The van der Waals surface area contributed by atoms with E-state index in [2.05, 4.69) is 28.1 Å². The molecule has 2 aromatic rings. The third kappa shape index (κ3) is 1.56. The third-order valence-electron chi connectivity index (χ3n) is 2.95. The van der Waals surface area contributed by atoms with E-state index in [1.807, 2.05) is 18.2 Å². The summed E-state index contributed by atoms with van der Waals surface area (Å²) >= 11 is 0. The zero-order valence-corrected chi connectivity index (χ0v) is 8.61. The van der Waals surface area contributed by atoms with Gasteiger partial charge in [-0.25, -0.2) is 4.98 Å². The maximum absolute atomic E-state index is 4.66. The summed E-state index contributed by atoms with van der Waals surface area (Å²) < 4.78 is 0. The first-order chi connectivity index (χ1) is 7.43. The summed E-state index contributed by atoms with van der Waals surface area (Å²) in [6.45, 7) is 2.30. The van der Waals surface area contributed by atoms with Gasteiger partial charge in [-0.05, 0) is 43.2 Å². The number of anilines is 1. The molecule has 1 aromatic heterocycles. The Bertz CT molecular complexity index is 473. The molecule has 0 saturated carbocycles. The lowest BCUT2D eigenvalue weighted by Gasteiger charge is -2.16. The van der Waals surface area contributed by atoms with Crippen molar-refractivity contribution >= 4 is 16.7 Å². The Morgan fingerprint density at radius 3 is 2.87 bits per heavy atom. The van der Waals surface area contributed by atoms with E-state index in [9.17, 15) is 0 Å². The molecule has 2 heterocycles. The molecule has 0 unspecified atom stereocenters. The van der Waals surface area contributed by atoms with Gasteiger partial charge < -0.3 is 4.90 Å². The minimum Gasteiger partial charge on any atom is -0.357 e. The van der Waals surface area contributed by atoms with Crippen LogP contribution in [0.1, 0.15) is 12.8 Å². The Morgan fingerprint density at radius 2 is 2.00 bits per heavy atom. The van der Waals surface area contributed by atoms with Gasteiger partial charge in [-0.2, -0.15) is 0 Å². The van der Waals surface area contributed by atoms with Crippen LogP contribution in [0.2, 0.25) is 0 Å². The SMILES string of the molecule is [c]1ccc2nc(N3CCCC3)ccc2c1. The number of aromatic nitrogens is 1. The molecule has 2 nitrogen and oxygen atoms in total. The van der Waals surface area contributed by atoms with Gasteiger partial charge in [-0.3, -0.25) is 0 Å². The second-order valence-corrected chi connectivity index (χ2v) is 3.98. The van der Waals surface area contributed by atoms with Crippen molar-refractivity contribution in [1.29, 1.82) is 0 Å². The lowest BCUT2D eigenvalue weighted by atomic mass is 10.2. The molecule has 1 saturated heterocycles. The molecule has 0 amide bonds. The zero-order chi connectivity index (χ0) is 10.1. The molecule has 0 atom stereocenters. The summed E-state index contributed by atoms with van der Waals surface area (Å²) in [7, 11) is 0. The van der Waals surface area contributed by atoms with E-state index >= 15 is 0 Å². The number of fused-ring (bicyclic) bond motifs is 1. The van der Waals surface area contributed by atoms with Crippen molar-refractivity contribution in [3.8, 4) is 0 Å². The average molecular weight is 197 g/mol. The van der Waals surface area contributed by atoms with Crippen molar-refractivity contribution in [1.82, 2.24) is 4.98 Å². The molecule has 1 radical (unpaired) electrons. The van der Waals surface area contributed by atoms with Gasteiger partial charge in [0.15, 0.2) is 0 Å². The predicted octanol–water partition coefficient (Wildman–Crippen LogP) is 2.64. The van der Waals surface area contributed by atoms with Crippen molar-refractivity contribution in [2.45, 2.75) is 12.8 Å². The molecule has 1 aliphatic heterocycles. The van der Waals surface area contributed by atoms with Crippen LogP contribution in [0.25, 0.3) is 10.9 Å². The smallest absolute Gasteiger partial charge is 0.129 e. The highest BCUT2D eigenvalue weighted by Crippen LogP contribution is 2.20. The van der Waals surface area contributed by atoms with Crippen LogP contribution in [-0.2, 0) is 0 Å². The number of nitrogens with zero attached hydrogens (tertiary/aromatic N) is 2. The minimum atomic E-state index is 1.07. The summed E-state index contributed by atoms with van der Waals surface area (Å²) in [6, 6.07) is 13.2. The van der Waals surface area contributed by atoms with E-state index in [0.717, 1.165) is 24.4 Å². The second-order valence-electron chi connectivity index (χ2n) is 3.98. The summed E-state index contributed by atoms with van der Waals surface area (Å²) in [5, 5.41) is 1.17. The Labute approximate surface area is 89.5 Å². The fraction of sp³-hybridized carbons (Fsp3) is 0.308. The highest BCUT2D eigenvalue weighted by Gasteiger charge is 2.13. The fourth-order valence-corrected chi connectivity index (χ4v) is 2.12. The van der Waals surface area contributed by atoms with Gasteiger partial charge in [0.25, 0.3) is 0 Å². The van der Waals surface area contributed by atoms with Gasteiger partial charge >= 0.3 is 0 Å². The summed E-state index contributed by atoms with van der Waals surface area (Å²) in [5.41, 5.74) is 1.07. The molecule has 0 spiro atoms. The first kappa shape index (κ1) is 8.72. The molecular formula is C13H13N2. The first-order valence-electron chi connectivity index (χ1n) is 5.45. The number of pyridine rings is 1. The van der Waals surface area contributed by atoms with E-state index in [1.165, 1.54) is 18.2 Å². The Morgan fingerprint density at radius 1 is 1.13 bits per heavy atom. The van der Waals surface area contributed by atoms with Gasteiger partial charge in [-0.15, -0.1) is 0 Å². The average Bonchev–Trinajstić information content (AvgIpc) is 2.82. The van der Waals surface area contributed by atoms with Crippen molar-refractivity contribution in [3.63, 3.8) is 0 Å². The molecule has 0 aliphatic carbocycles. The molecule has 2 heteroatoms. The van der Waals surface area contributed by atoms with Crippen molar-refractivity contribution < 1.29 is 0 Å². The third-order valence-corrected chi connectivity index (χ3v) is 2.95. The van der Waals surface area contributed by atoms with Crippen LogP contribution in [0.15, 0.2) is 30.3 Å². The van der Waals surface area contributed by atoms with Crippen LogP contribution in [0.3, 0.4) is 0 Å². The maximum Gasteiger partial charge on any atom is 0.129 e. The van der Waals surface area contributed by atoms with Crippen LogP contribution in [0.4, 0.5) is 5.82 Å². The maximum atomic E-state index is 4.66. The molecule has 75 valence electrons. The molecule has 0 bridgehead atoms. The Hall–Kier alpha value is -1.57. The lowest BCUT2D eigenvalue weighted by Crippen LogP contribution is -2.18. The molecule has 1 aromatic carbocycles. The van der Waals surface area contributed by atoms with Gasteiger partial charge in [0, 0.05) is 18.5 Å². The van der Waals surface area contributed by atoms with Crippen molar-refractivity contribution in [2.75, 3.05) is 18.0 Å². The fourth-order valence-electron chi connectivity index (χ4n) is 2.12. The van der Waals surface area contributed by atoms with E-state index in [4.69, 9.17) is 0 Å². The van der Waals surface area contributed by atoms with Crippen LogP contribution in [0, 0.1) is 6.07 Å². The summed E-state index contributed by atoms with van der Waals surface area (Å²) in [4.78, 5) is 7.02. The summed E-state index contributed by atoms with van der Waals surface area (Å²) in [5.74, 6) is 1.12. The lowest BCUT2D eigenvalue weighted by molar-refractivity contribution is 0.944. The van der Waals surface area contributed by atoms with E-state index in [1.54, 1.807) is 0 Å². The molecular weight excluding hydrogens is 184 g/mol. The minimum absolute atomic E-state index is 1.07. The van der Waals surface area contributed by atoms with Crippen molar-refractivity contribution in [3.05, 3.63) is 36.4 Å². The molecule has 15 heavy (non-hydrogen) atoms. The van der Waals surface area contributed by atoms with Crippen LogP contribution >= 0.6 is 0 Å². The van der Waals surface area contributed by atoms with Crippen LogP contribution in [-0.4, -0.2) is 18.1 Å². The normalized spacial score (nSPS) is 16.1. The van der Waals surface area contributed by atoms with E-state index in [-0.39, 0.29) is 0 Å². The highest BCUT2D eigenvalue weighted by molar-refractivity contribution is 5.80. The number of hydrogen-bond acceptors (Lipinski definition) is 2. The predicted molar refractivity (Wildman–Crippen MR) is 62.0 cm³/mol. The molecule has 0 N–H and O–H groups in total. The first-order valence-corrected chi connectivity index (χ1v) is 5.45. The highest BCUT2D eigenvalue weighted by atomic mass is 15.2. The van der Waals surface area contributed by atoms with Crippen molar-refractivity contribution in [2.24, 2.45) is 0 Å². The van der Waals surface area contributed by atoms with E-state index < -0.39 is 0 Å². The zero-order valence-electron chi connectivity index (χ0n) is 8.61. The number of benzene rings is 1. The second kappa shape index (κ2) is 3.54. The monoisotopic (exact) mass is 197 g/mol. The molecule has 1 aliphatic rings. The number of hydrogen-bond donors (Lipinski definition) is 0. The standard InChI is InChI=1S/C13H13N2/c1-2-6-12-11(5-1)7-8-13(14-12)15-9-3-4-10-15/h2,5-8H,3-4,9-10H2. The van der Waals surface area contributed by atoms with Gasteiger partial charge in [0.05, 0.1) is 5.52 Å². The Balaban J connectivity index is 2.05. The molecule has 3 rings (SSSR count). The quantitative estimate of drug-likeness (QED) is 0.698. The van der Waals surface area contributed by atoms with Gasteiger partial charge in [0.1, 0.15) is 5.82 Å². The van der Waals surface area contributed by atoms with Gasteiger partial charge in [0.2, 0.25) is 0 Å². The van der Waals surface area contributed by atoms with Gasteiger partial charge in [-0.1, -0.05) is 6.07 Å².